The molecule has 4 aromatic rings. The summed E-state index contributed by atoms with van der Waals surface area (Å²) < 4.78 is 33.7. The number of ether oxygens (including phenoxy) is 6. The molecule has 0 aliphatic heterocycles. The topological polar surface area (TPSA) is 215 Å². The van der Waals surface area contributed by atoms with Crippen LogP contribution in [0.4, 0.5) is 0 Å². The third kappa shape index (κ3) is 14.0. The van der Waals surface area contributed by atoms with E-state index < -0.39 is 18.3 Å². The van der Waals surface area contributed by atoms with Gasteiger partial charge in [-0.2, -0.15) is 0 Å². The lowest BCUT2D eigenvalue weighted by atomic mass is 10.1. The lowest BCUT2D eigenvalue weighted by Gasteiger charge is -2.17. The Morgan fingerprint density at radius 1 is 0.439 bits per heavy atom. The number of benzene rings is 3. The zero-order valence-electron chi connectivity index (χ0n) is 33.0. The number of aliphatic hydroxyl groups excluding tert-OH is 3. The molecule has 57 heavy (non-hydrogen) atoms. The summed E-state index contributed by atoms with van der Waals surface area (Å²) in [6.45, 7) is 7.40. The quantitative estimate of drug-likeness (QED) is 0.0402. The first-order valence-corrected chi connectivity index (χ1v) is 19.6. The summed E-state index contributed by atoms with van der Waals surface area (Å²) in [6.07, 6.45) is 2.65. The van der Waals surface area contributed by atoms with E-state index in [4.69, 9.17) is 28.4 Å². The van der Waals surface area contributed by atoms with Gasteiger partial charge in [-0.15, -0.1) is 0 Å². The van der Waals surface area contributed by atoms with Crippen molar-refractivity contribution in [1.29, 1.82) is 0 Å². The molecular formula is C42H57N3O12. The molecule has 0 bridgehead atoms. The lowest BCUT2D eigenvalue weighted by molar-refractivity contribution is 0.0109. The van der Waals surface area contributed by atoms with Crippen molar-refractivity contribution in [2.45, 2.75) is 77.6 Å². The fraction of sp³-hybridized carbons (Fsp3) is 0.500. The molecule has 0 saturated carbocycles. The number of aromatic hydroxyl groups is 3. The summed E-state index contributed by atoms with van der Waals surface area (Å²) >= 11 is 0. The maximum absolute atomic E-state index is 11.4. The highest BCUT2D eigenvalue weighted by Gasteiger charge is 2.23. The van der Waals surface area contributed by atoms with Crippen LogP contribution in [0.25, 0.3) is 34.2 Å². The SMILES string of the molecule is CCCCOCC(O)COc1cccc(-c2nc(-c3cccc(OCC(O)COCCCC)c3O)nc(-c3cccc(OCC(O)COCCCC)c3O)n2)c1O. The van der Waals surface area contributed by atoms with Gasteiger partial charge >= 0.3 is 0 Å². The van der Waals surface area contributed by atoms with Crippen LogP contribution < -0.4 is 14.2 Å². The van der Waals surface area contributed by atoms with Gasteiger partial charge in [-0.3, -0.25) is 0 Å². The first-order chi connectivity index (χ1) is 27.7. The van der Waals surface area contributed by atoms with Crippen LogP contribution in [-0.4, -0.2) is 123 Å². The Balaban J connectivity index is 1.68. The minimum Gasteiger partial charge on any atom is -0.504 e. The zero-order valence-corrected chi connectivity index (χ0v) is 33.0. The molecule has 0 spiro atoms. The second kappa shape index (κ2) is 24.1. The van der Waals surface area contributed by atoms with Gasteiger partial charge in [0.25, 0.3) is 0 Å². The minimum absolute atomic E-state index is 0.0443. The average molecular weight is 796 g/mol. The van der Waals surface area contributed by atoms with E-state index in [1.807, 2.05) is 20.8 Å². The molecule has 3 aromatic carbocycles. The van der Waals surface area contributed by atoms with Gasteiger partial charge in [-0.05, 0) is 55.7 Å². The third-order valence-corrected chi connectivity index (χ3v) is 8.51. The Morgan fingerprint density at radius 3 is 0.982 bits per heavy atom. The number of aliphatic hydroxyl groups is 3. The molecule has 1 heterocycles. The van der Waals surface area contributed by atoms with E-state index in [2.05, 4.69) is 15.0 Å². The van der Waals surface area contributed by atoms with Crippen LogP contribution in [0.2, 0.25) is 0 Å². The first kappa shape index (κ1) is 44.9. The maximum atomic E-state index is 11.4. The molecule has 15 nitrogen and oxygen atoms in total. The van der Waals surface area contributed by atoms with Gasteiger partial charge < -0.3 is 59.1 Å². The summed E-state index contributed by atoms with van der Waals surface area (Å²) in [5, 5.41) is 65.4. The number of phenols is 3. The van der Waals surface area contributed by atoms with Gasteiger partial charge in [0.2, 0.25) is 0 Å². The van der Waals surface area contributed by atoms with Gasteiger partial charge in [-0.1, -0.05) is 58.2 Å². The average Bonchev–Trinajstić information content (AvgIpc) is 3.21. The van der Waals surface area contributed by atoms with E-state index in [1.165, 1.54) is 18.2 Å². The summed E-state index contributed by atoms with van der Waals surface area (Å²) in [4.78, 5) is 13.8. The largest absolute Gasteiger partial charge is 0.504 e. The number of rotatable bonds is 27. The lowest BCUT2D eigenvalue weighted by Crippen LogP contribution is -2.23. The number of hydrogen-bond donors (Lipinski definition) is 6. The maximum Gasteiger partial charge on any atom is 0.168 e. The minimum atomic E-state index is -0.945. The van der Waals surface area contributed by atoms with Crippen molar-refractivity contribution >= 4 is 0 Å². The molecule has 3 unspecified atom stereocenters. The molecule has 3 atom stereocenters. The highest BCUT2D eigenvalue weighted by molar-refractivity contribution is 5.76. The molecule has 15 heteroatoms. The number of para-hydroxylation sites is 3. The highest BCUT2D eigenvalue weighted by Crippen LogP contribution is 2.41. The predicted molar refractivity (Wildman–Crippen MR) is 213 cm³/mol. The summed E-state index contributed by atoms with van der Waals surface area (Å²) in [5.74, 6) is -0.960. The van der Waals surface area contributed by atoms with Crippen molar-refractivity contribution in [2.24, 2.45) is 0 Å². The monoisotopic (exact) mass is 795 g/mol. The molecule has 0 aliphatic rings. The van der Waals surface area contributed by atoms with E-state index in [9.17, 15) is 30.6 Å². The van der Waals surface area contributed by atoms with Crippen LogP contribution in [0.3, 0.4) is 0 Å². The zero-order chi connectivity index (χ0) is 41.0. The number of aromatic nitrogens is 3. The van der Waals surface area contributed by atoms with Crippen molar-refractivity contribution in [3.8, 4) is 68.7 Å². The number of unbranched alkanes of at least 4 members (excludes halogenated alkanes) is 3. The molecule has 0 fully saturated rings. The molecule has 0 radical (unpaired) electrons. The Hall–Kier alpha value is -4.77. The highest BCUT2D eigenvalue weighted by atomic mass is 16.5. The summed E-state index contributed by atoms with van der Waals surface area (Å²) in [5.41, 5.74) is 0.381. The van der Waals surface area contributed by atoms with Gasteiger partial charge in [-0.25, -0.2) is 15.0 Å². The van der Waals surface area contributed by atoms with Gasteiger partial charge in [0.15, 0.2) is 52.0 Å². The Bertz CT molecular complexity index is 1580. The summed E-state index contributed by atoms with van der Waals surface area (Å²) in [7, 11) is 0. The number of nitrogens with zero attached hydrogens (tertiary/aromatic N) is 3. The molecule has 312 valence electrons. The normalized spacial score (nSPS) is 12.9. The van der Waals surface area contributed by atoms with Gasteiger partial charge in [0.05, 0.1) is 36.5 Å². The van der Waals surface area contributed by atoms with Gasteiger partial charge in [0.1, 0.15) is 38.1 Å². The molecule has 0 saturated heterocycles. The standard InChI is InChI=1S/C42H57N3O12/c1-4-7-19-52-22-28(46)25-55-34-16-10-13-31(37(34)49)40-43-41(32-14-11-17-35(38(32)50)56-26-29(47)23-53-20-8-5-2)45-42(44-40)33-15-12-18-36(39(33)51)57-27-30(48)24-54-21-9-6-3/h10-18,28-30,46-51H,4-9,19-27H2,1-3H3. The fourth-order valence-corrected chi connectivity index (χ4v) is 5.29. The Kier molecular flexibility index (Phi) is 19.0. The van der Waals surface area contributed by atoms with Crippen molar-refractivity contribution in [2.75, 3.05) is 59.5 Å². The molecule has 6 N–H and O–H groups in total. The van der Waals surface area contributed by atoms with E-state index in [1.54, 1.807) is 36.4 Å². The fourth-order valence-electron chi connectivity index (χ4n) is 5.29. The molecule has 0 amide bonds. The van der Waals surface area contributed by atoms with Crippen LogP contribution in [0.1, 0.15) is 59.3 Å². The van der Waals surface area contributed by atoms with Crippen LogP contribution in [-0.2, 0) is 14.2 Å². The van der Waals surface area contributed by atoms with Crippen LogP contribution in [0.5, 0.6) is 34.5 Å². The molecular weight excluding hydrogens is 738 g/mol. The van der Waals surface area contributed by atoms with E-state index in [0.717, 1.165) is 38.5 Å². The van der Waals surface area contributed by atoms with Crippen LogP contribution in [0, 0.1) is 0 Å². The summed E-state index contributed by atoms with van der Waals surface area (Å²) in [6, 6.07) is 14.1. The van der Waals surface area contributed by atoms with Crippen LogP contribution >= 0.6 is 0 Å². The van der Waals surface area contributed by atoms with Crippen molar-refractivity contribution in [3.05, 3.63) is 54.6 Å². The van der Waals surface area contributed by atoms with Crippen molar-refractivity contribution in [1.82, 2.24) is 15.0 Å². The first-order valence-electron chi connectivity index (χ1n) is 19.6. The number of phenolic OH excluding ortho intramolecular Hbond substituents is 3. The Labute approximate surface area is 333 Å². The predicted octanol–water partition coefficient (Wildman–Crippen LogP) is 5.66. The smallest absolute Gasteiger partial charge is 0.168 e. The third-order valence-electron chi connectivity index (χ3n) is 8.51. The molecule has 4 rings (SSSR count). The molecule has 1 aromatic heterocycles. The van der Waals surface area contributed by atoms with Crippen molar-refractivity contribution in [3.63, 3.8) is 0 Å². The number of hydrogen-bond acceptors (Lipinski definition) is 15. The second-order valence-corrected chi connectivity index (χ2v) is 13.4. The van der Waals surface area contributed by atoms with Crippen LogP contribution in [0.15, 0.2) is 54.6 Å². The van der Waals surface area contributed by atoms with E-state index >= 15 is 0 Å². The second-order valence-electron chi connectivity index (χ2n) is 13.4. The van der Waals surface area contributed by atoms with Crippen molar-refractivity contribution < 1.29 is 59.1 Å². The van der Waals surface area contributed by atoms with Gasteiger partial charge in [0, 0.05) is 19.8 Å². The Morgan fingerprint density at radius 2 is 0.719 bits per heavy atom. The molecule has 0 aliphatic carbocycles. The van der Waals surface area contributed by atoms with E-state index in [-0.39, 0.29) is 108 Å². The van der Waals surface area contributed by atoms with E-state index in [0.29, 0.717) is 19.8 Å².